The second-order valence-corrected chi connectivity index (χ2v) is 13.9. The molecule has 7 aromatic carbocycles. The van der Waals surface area contributed by atoms with Gasteiger partial charge in [0, 0.05) is 21.9 Å². The first-order chi connectivity index (χ1) is 25.8. The van der Waals surface area contributed by atoms with Crippen molar-refractivity contribution in [2.24, 2.45) is 9.98 Å². The van der Waals surface area contributed by atoms with Gasteiger partial charge in [-0.1, -0.05) is 158 Å². The second-order valence-electron chi connectivity index (χ2n) is 13.9. The molecule has 244 valence electrons. The Bertz CT molecular complexity index is 2840. The molecule has 8 aromatic rings. The SMILES string of the molecule is C1=C(c2cccc3c2-c2ccccc2C32c3ccccc3-c3c2ccc2oc4ccccc4c32)N=C(c2ccccc2)N=C(c2ccccc2)CC1. The molecule has 2 heterocycles. The molecule has 3 nitrogen and oxygen atoms in total. The highest BCUT2D eigenvalue weighted by molar-refractivity contribution is 6.17. The quantitative estimate of drug-likeness (QED) is 0.185. The monoisotopic (exact) mass is 664 g/mol. The molecule has 0 saturated heterocycles. The highest BCUT2D eigenvalue weighted by Crippen LogP contribution is 2.65. The minimum atomic E-state index is -0.493. The van der Waals surface area contributed by atoms with Crippen LogP contribution in [0.3, 0.4) is 0 Å². The molecular weight excluding hydrogens is 633 g/mol. The van der Waals surface area contributed by atoms with Crippen molar-refractivity contribution in [2.75, 3.05) is 0 Å². The summed E-state index contributed by atoms with van der Waals surface area (Å²) < 4.78 is 6.45. The third-order valence-electron chi connectivity index (χ3n) is 11.2. The van der Waals surface area contributed by atoms with Gasteiger partial charge in [-0.05, 0) is 75.0 Å². The molecule has 1 spiro atoms. The van der Waals surface area contributed by atoms with Gasteiger partial charge in [0.15, 0.2) is 5.84 Å². The Morgan fingerprint density at radius 1 is 0.462 bits per heavy atom. The third kappa shape index (κ3) is 4.02. The molecule has 11 rings (SSSR count). The Balaban J connectivity index is 1.19. The predicted octanol–water partition coefficient (Wildman–Crippen LogP) is 12.0. The number of aliphatic imine (C=N–C) groups is 2. The molecule has 0 amide bonds. The molecule has 1 unspecified atom stereocenters. The molecule has 0 saturated carbocycles. The summed E-state index contributed by atoms with van der Waals surface area (Å²) in [6.45, 7) is 0. The lowest BCUT2D eigenvalue weighted by Crippen LogP contribution is -2.25. The summed E-state index contributed by atoms with van der Waals surface area (Å²) in [7, 11) is 0. The van der Waals surface area contributed by atoms with Crippen molar-refractivity contribution in [3.05, 3.63) is 209 Å². The molecule has 1 atom stereocenters. The van der Waals surface area contributed by atoms with Gasteiger partial charge >= 0.3 is 0 Å². The lowest BCUT2D eigenvalue weighted by Gasteiger charge is -2.30. The van der Waals surface area contributed by atoms with Crippen LogP contribution in [-0.4, -0.2) is 11.5 Å². The highest BCUT2D eigenvalue weighted by atomic mass is 16.3. The fourth-order valence-electron chi connectivity index (χ4n) is 9.14. The maximum Gasteiger partial charge on any atom is 0.160 e. The number of furan rings is 1. The van der Waals surface area contributed by atoms with E-state index in [2.05, 4.69) is 164 Å². The highest BCUT2D eigenvalue weighted by Gasteiger charge is 2.52. The van der Waals surface area contributed by atoms with Crippen molar-refractivity contribution >= 4 is 39.2 Å². The molecule has 0 bridgehead atoms. The number of hydrogen-bond donors (Lipinski definition) is 0. The Kier molecular flexibility index (Phi) is 6.29. The summed E-state index contributed by atoms with van der Waals surface area (Å²) >= 11 is 0. The molecule has 0 radical (unpaired) electrons. The van der Waals surface area contributed by atoms with E-state index in [-0.39, 0.29) is 0 Å². The van der Waals surface area contributed by atoms with Gasteiger partial charge in [0.25, 0.3) is 0 Å². The van der Waals surface area contributed by atoms with E-state index < -0.39 is 5.41 Å². The number of allylic oxidation sites excluding steroid dienone is 1. The van der Waals surface area contributed by atoms with Crippen LogP contribution in [0.4, 0.5) is 0 Å². The first-order valence-corrected chi connectivity index (χ1v) is 18.1. The van der Waals surface area contributed by atoms with Crippen LogP contribution >= 0.6 is 0 Å². The number of para-hydroxylation sites is 1. The first kappa shape index (κ1) is 29.2. The van der Waals surface area contributed by atoms with E-state index in [1.807, 2.05) is 6.07 Å². The zero-order chi connectivity index (χ0) is 34.2. The van der Waals surface area contributed by atoms with Crippen LogP contribution in [0.15, 0.2) is 184 Å². The molecule has 0 fully saturated rings. The number of benzene rings is 7. The molecule has 1 aromatic heterocycles. The van der Waals surface area contributed by atoms with Gasteiger partial charge in [0.1, 0.15) is 11.2 Å². The minimum absolute atomic E-state index is 0.493. The average molecular weight is 665 g/mol. The number of rotatable bonds is 3. The van der Waals surface area contributed by atoms with Crippen molar-refractivity contribution in [2.45, 2.75) is 18.3 Å². The summed E-state index contributed by atoms with van der Waals surface area (Å²) in [5.41, 5.74) is 16.9. The van der Waals surface area contributed by atoms with Crippen LogP contribution in [0.5, 0.6) is 0 Å². The van der Waals surface area contributed by atoms with E-state index in [9.17, 15) is 0 Å². The van der Waals surface area contributed by atoms with Gasteiger partial charge in [-0.15, -0.1) is 0 Å². The van der Waals surface area contributed by atoms with Gasteiger partial charge < -0.3 is 4.42 Å². The fraction of sp³-hybridized carbons (Fsp3) is 0.0612. The molecule has 3 aliphatic rings. The van der Waals surface area contributed by atoms with E-state index in [4.69, 9.17) is 14.4 Å². The van der Waals surface area contributed by atoms with Crippen molar-refractivity contribution in [1.82, 2.24) is 0 Å². The molecular formula is C49H32N2O. The Morgan fingerprint density at radius 2 is 1.08 bits per heavy atom. The van der Waals surface area contributed by atoms with Crippen LogP contribution < -0.4 is 0 Å². The third-order valence-corrected chi connectivity index (χ3v) is 11.2. The molecule has 2 aliphatic carbocycles. The molecule has 3 heteroatoms. The van der Waals surface area contributed by atoms with Gasteiger partial charge in [-0.3, -0.25) is 0 Å². The summed E-state index contributed by atoms with van der Waals surface area (Å²) in [6, 6.07) is 58.7. The minimum Gasteiger partial charge on any atom is -0.456 e. The predicted molar refractivity (Wildman–Crippen MR) is 213 cm³/mol. The number of fused-ring (bicyclic) bond motifs is 14. The van der Waals surface area contributed by atoms with Gasteiger partial charge in [-0.2, -0.15) is 0 Å². The summed E-state index contributed by atoms with van der Waals surface area (Å²) in [6.07, 6.45) is 3.98. The van der Waals surface area contributed by atoms with E-state index >= 15 is 0 Å². The molecule has 0 N–H and O–H groups in total. The molecule has 52 heavy (non-hydrogen) atoms. The van der Waals surface area contributed by atoms with Gasteiger partial charge in [0.05, 0.1) is 16.8 Å². The molecule has 1 aliphatic heterocycles. The summed E-state index contributed by atoms with van der Waals surface area (Å²) in [5.74, 6) is 0.731. The first-order valence-electron chi connectivity index (χ1n) is 18.1. The van der Waals surface area contributed by atoms with Gasteiger partial charge in [-0.25, -0.2) is 9.98 Å². The van der Waals surface area contributed by atoms with Crippen LogP contribution in [0.2, 0.25) is 0 Å². The lowest BCUT2D eigenvalue weighted by atomic mass is 9.70. The Hall–Kier alpha value is -6.58. The number of hydrogen-bond acceptors (Lipinski definition) is 3. The standard InChI is InChI=1S/C49H32N2O/c1-3-15-31(16-4-1)41-26-14-27-42(51-48(50-41)32-17-5-2-6-18-32)35-22-13-25-39-45(35)33-19-7-10-23-37(33)49(39)38-24-11-8-20-34(38)46-40(49)29-30-44-47(46)36-21-9-12-28-43(36)52-44/h1-13,15-25,27-30H,14,26H2. The van der Waals surface area contributed by atoms with E-state index in [0.717, 1.165) is 63.3 Å². The van der Waals surface area contributed by atoms with Crippen LogP contribution in [0.1, 0.15) is 51.8 Å². The van der Waals surface area contributed by atoms with Crippen molar-refractivity contribution in [3.63, 3.8) is 0 Å². The second kappa shape index (κ2) is 11.2. The van der Waals surface area contributed by atoms with Crippen molar-refractivity contribution in [3.8, 4) is 22.3 Å². The average Bonchev–Trinajstić information content (AvgIpc) is 3.83. The Morgan fingerprint density at radius 3 is 1.87 bits per heavy atom. The zero-order valence-electron chi connectivity index (χ0n) is 28.4. The van der Waals surface area contributed by atoms with E-state index in [1.54, 1.807) is 0 Å². The van der Waals surface area contributed by atoms with Crippen LogP contribution in [-0.2, 0) is 5.41 Å². The number of amidine groups is 1. The summed E-state index contributed by atoms with van der Waals surface area (Å²) in [4.78, 5) is 10.7. The maximum atomic E-state index is 6.45. The van der Waals surface area contributed by atoms with E-state index in [1.165, 1.54) is 49.9 Å². The van der Waals surface area contributed by atoms with Crippen LogP contribution in [0, 0.1) is 0 Å². The fourth-order valence-corrected chi connectivity index (χ4v) is 9.14. The smallest absolute Gasteiger partial charge is 0.160 e. The van der Waals surface area contributed by atoms with Crippen molar-refractivity contribution < 1.29 is 4.42 Å². The normalized spacial score (nSPS) is 17.1. The zero-order valence-corrected chi connectivity index (χ0v) is 28.4. The largest absolute Gasteiger partial charge is 0.456 e. The Labute approximate surface area is 302 Å². The number of nitrogens with zero attached hydrogens (tertiary/aromatic N) is 2. The lowest BCUT2D eigenvalue weighted by molar-refractivity contribution is 0.668. The van der Waals surface area contributed by atoms with Crippen molar-refractivity contribution in [1.29, 1.82) is 0 Å². The maximum absolute atomic E-state index is 6.45. The topological polar surface area (TPSA) is 37.9 Å². The van der Waals surface area contributed by atoms with Crippen LogP contribution in [0.25, 0.3) is 49.9 Å². The summed E-state index contributed by atoms with van der Waals surface area (Å²) in [5, 5.41) is 2.34. The van der Waals surface area contributed by atoms with Gasteiger partial charge in [0.2, 0.25) is 0 Å². The van der Waals surface area contributed by atoms with E-state index in [0.29, 0.717) is 0 Å².